The molecule has 55 heavy (non-hydrogen) atoms. The molecular formula is C39H53F3N6O6S. The Hall–Kier alpha value is -4.22. The average Bonchev–Trinajstić information content (AvgIpc) is 3.42. The van der Waals surface area contributed by atoms with Crippen LogP contribution >= 0.6 is 0 Å². The molecule has 0 aliphatic carbocycles. The van der Waals surface area contributed by atoms with Crippen LogP contribution in [0.15, 0.2) is 73.5 Å². The summed E-state index contributed by atoms with van der Waals surface area (Å²) >= 11 is 0. The second-order valence-corrected chi connectivity index (χ2v) is 16.1. The summed E-state index contributed by atoms with van der Waals surface area (Å²) in [6, 6.07) is 12.5. The van der Waals surface area contributed by atoms with Crippen LogP contribution in [0.1, 0.15) is 65.5 Å². The summed E-state index contributed by atoms with van der Waals surface area (Å²) in [6.45, 7) is 20.3. The van der Waals surface area contributed by atoms with Crippen molar-refractivity contribution < 1.29 is 40.8 Å². The maximum atomic E-state index is 12.7. The minimum atomic E-state index is -5.84. The van der Waals surface area contributed by atoms with Crippen LogP contribution in [-0.4, -0.2) is 88.4 Å². The zero-order valence-corrected chi connectivity index (χ0v) is 32.7. The Labute approximate surface area is 321 Å². The lowest BCUT2D eigenvalue weighted by molar-refractivity contribution is -0.123. The van der Waals surface area contributed by atoms with E-state index in [0.29, 0.717) is 32.4 Å². The van der Waals surface area contributed by atoms with E-state index in [1.165, 1.54) is 16.7 Å². The molecule has 4 aliphatic rings. The molecule has 4 saturated heterocycles. The molecule has 4 fully saturated rings. The molecule has 1 unspecified atom stereocenters. The van der Waals surface area contributed by atoms with Crippen LogP contribution in [0.25, 0.3) is 0 Å². The number of carbonyl (C=O) groups excluding carboxylic acids is 2. The van der Waals surface area contributed by atoms with E-state index in [0.717, 1.165) is 61.4 Å². The van der Waals surface area contributed by atoms with E-state index in [4.69, 9.17) is 13.0 Å². The molecule has 302 valence electrons. The topological polar surface area (TPSA) is 163 Å². The average molecular weight is 791 g/mol. The van der Waals surface area contributed by atoms with E-state index in [-0.39, 0.29) is 17.6 Å². The number of alkyl halides is 3. The number of amides is 4. The fraction of sp³-hybridized carbons (Fsp3) is 0.487. The lowest BCUT2D eigenvalue weighted by atomic mass is 9.77. The van der Waals surface area contributed by atoms with Gasteiger partial charge in [-0.25, -0.2) is 9.59 Å². The first kappa shape index (κ1) is 43.5. The number of benzene rings is 2. The summed E-state index contributed by atoms with van der Waals surface area (Å²) in [5, 5.41) is 24.5. The molecule has 0 saturated carbocycles. The van der Waals surface area contributed by atoms with Crippen molar-refractivity contribution in [2.24, 2.45) is 0 Å². The van der Waals surface area contributed by atoms with Crippen LogP contribution in [0, 0.1) is 27.7 Å². The number of hydrogen-bond donors (Lipinski definition) is 6. The van der Waals surface area contributed by atoms with Gasteiger partial charge in [-0.2, -0.15) is 21.6 Å². The van der Waals surface area contributed by atoms with Gasteiger partial charge in [-0.3, -0.25) is 14.4 Å². The van der Waals surface area contributed by atoms with Gasteiger partial charge in [0.1, 0.15) is 0 Å². The highest BCUT2D eigenvalue weighted by Gasteiger charge is 2.61. The van der Waals surface area contributed by atoms with E-state index in [9.17, 15) is 27.9 Å². The number of halogens is 3. The Balaban J connectivity index is 0.000000205. The van der Waals surface area contributed by atoms with Crippen molar-refractivity contribution in [1.29, 1.82) is 0 Å². The van der Waals surface area contributed by atoms with Gasteiger partial charge < -0.3 is 26.4 Å². The molecule has 2 spiro atoms. The predicted molar refractivity (Wildman–Crippen MR) is 205 cm³/mol. The predicted octanol–water partition coefficient (Wildman–Crippen LogP) is 5.63. The van der Waals surface area contributed by atoms with E-state index >= 15 is 0 Å². The molecule has 6 rings (SSSR count). The number of aliphatic hydroxyl groups is 1. The standard InChI is InChI=1S/C19H27N3O2.C19H25N3O.CHF3O3S/c1-4-5-19(24)18(6-8-20-9-7-18)21-17(23)22(19)13-16-11-14(2)10-15(3)12-16;1-4-5-17-19(6-8-20-9-7-19)21-18(23)22(17)13-16-11-14(2)10-15(3)12-16;2-1(3,4)8(5,6)7/h4,10-12,20,24H,1,5-9,13H2,2-3H3,(H,21,23);4-5,10-12,20H,1,6-9,13H2,2-3H3,(H,21,23);(H,5,6,7)/b;17-5+;. The lowest BCUT2D eigenvalue weighted by Crippen LogP contribution is -2.64. The maximum Gasteiger partial charge on any atom is 0.522 e. The van der Waals surface area contributed by atoms with Gasteiger partial charge in [0.05, 0.1) is 24.2 Å². The van der Waals surface area contributed by atoms with Crippen molar-refractivity contribution >= 4 is 22.2 Å². The second-order valence-electron chi connectivity index (χ2n) is 14.7. The van der Waals surface area contributed by atoms with E-state index in [2.05, 4.69) is 84.7 Å². The summed E-state index contributed by atoms with van der Waals surface area (Å²) < 4.78 is 57.5. The van der Waals surface area contributed by atoms with E-state index in [1.54, 1.807) is 17.1 Å². The monoisotopic (exact) mass is 790 g/mol. The van der Waals surface area contributed by atoms with Crippen LogP contribution in [0.5, 0.6) is 0 Å². The number of urea groups is 2. The zero-order valence-electron chi connectivity index (χ0n) is 31.9. The van der Waals surface area contributed by atoms with Crippen LogP contribution < -0.4 is 21.3 Å². The Morgan fingerprint density at radius 3 is 1.67 bits per heavy atom. The number of nitrogens with one attached hydrogen (secondary N) is 4. The number of allylic oxidation sites excluding steroid dienone is 2. The Morgan fingerprint density at radius 1 is 0.782 bits per heavy atom. The number of rotatable bonds is 7. The fourth-order valence-electron chi connectivity index (χ4n) is 8.03. The van der Waals surface area contributed by atoms with Crippen LogP contribution in [-0.2, 0) is 23.2 Å². The Bertz CT molecular complexity index is 1850. The third kappa shape index (κ3) is 9.97. The molecule has 2 aromatic carbocycles. The maximum absolute atomic E-state index is 12.7. The third-order valence-electron chi connectivity index (χ3n) is 10.3. The zero-order chi connectivity index (χ0) is 40.8. The third-order valence-corrected chi connectivity index (χ3v) is 10.9. The first-order chi connectivity index (χ1) is 25.7. The smallest absolute Gasteiger partial charge is 0.368 e. The van der Waals surface area contributed by atoms with Gasteiger partial charge in [0.2, 0.25) is 0 Å². The van der Waals surface area contributed by atoms with Gasteiger partial charge in [-0.1, -0.05) is 77.4 Å². The van der Waals surface area contributed by atoms with E-state index < -0.39 is 26.9 Å². The van der Waals surface area contributed by atoms with Crippen molar-refractivity contribution in [3.8, 4) is 0 Å². The summed E-state index contributed by atoms with van der Waals surface area (Å²) in [5.41, 5.74) is 0.404. The minimum absolute atomic E-state index is 0.000779. The van der Waals surface area contributed by atoms with Gasteiger partial charge in [-0.15, -0.1) is 6.58 Å². The molecule has 4 heterocycles. The van der Waals surface area contributed by atoms with Crippen molar-refractivity contribution in [3.63, 3.8) is 0 Å². The molecule has 6 N–H and O–H groups in total. The molecule has 16 heteroatoms. The number of piperidine rings is 2. The largest absolute Gasteiger partial charge is 0.522 e. The highest BCUT2D eigenvalue weighted by atomic mass is 32.2. The Morgan fingerprint density at radius 2 is 1.24 bits per heavy atom. The number of carbonyl (C=O) groups is 2. The molecule has 0 bridgehead atoms. The summed E-state index contributed by atoms with van der Waals surface area (Å²) in [7, 11) is -5.84. The molecule has 12 nitrogen and oxygen atoms in total. The molecule has 1 atom stereocenters. The molecule has 0 radical (unpaired) electrons. The normalized spacial score (nSPS) is 22.4. The van der Waals surface area contributed by atoms with Crippen LogP contribution in [0.3, 0.4) is 0 Å². The van der Waals surface area contributed by atoms with Gasteiger partial charge in [-0.05, 0) is 96.8 Å². The SMILES string of the molecule is C=C/C=C1/N(Cc2cc(C)cc(C)c2)C(=O)NC12CCNCC2.C=CCC1(O)N(Cc2cc(C)cc(C)c2)C(=O)NC12CCNCC2.O=S(=O)(O)C(F)(F)F. The van der Waals surface area contributed by atoms with Crippen LogP contribution in [0.2, 0.25) is 0 Å². The lowest BCUT2D eigenvalue weighted by Gasteiger charge is -2.46. The number of hydrogen-bond acceptors (Lipinski definition) is 7. The highest BCUT2D eigenvalue weighted by Crippen LogP contribution is 2.42. The molecule has 4 amide bonds. The summed E-state index contributed by atoms with van der Waals surface area (Å²) in [6.07, 6.45) is 9.11. The molecular weight excluding hydrogens is 738 g/mol. The first-order valence-electron chi connectivity index (χ1n) is 18.1. The first-order valence-corrected chi connectivity index (χ1v) is 19.6. The van der Waals surface area contributed by atoms with Crippen molar-refractivity contribution in [2.45, 2.75) is 95.2 Å². The molecule has 2 aromatic rings. The van der Waals surface area contributed by atoms with Crippen molar-refractivity contribution in [3.05, 3.63) is 107 Å². The van der Waals surface area contributed by atoms with Crippen molar-refractivity contribution in [2.75, 3.05) is 26.2 Å². The summed E-state index contributed by atoms with van der Waals surface area (Å²) in [5.74, 6) is 0. The number of aryl methyl sites for hydroxylation is 4. The van der Waals surface area contributed by atoms with Crippen molar-refractivity contribution in [1.82, 2.24) is 31.1 Å². The quantitative estimate of drug-likeness (QED) is 0.120. The van der Waals surface area contributed by atoms with Gasteiger partial charge in [0.25, 0.3) is 0 Å². The molecule has 0 aromatic heterocycles. The van der Waals surface area contributed by atoms with Gasteiger partial charge in [0, 0.05) is 12.1 Å². The van der Waals surface area contributed by atoms with Gasteiger partial charge >= 0.3 is 27.7 Å². The second kappa shape index (κ2) is 17.3. The molecule has 4 aliphatic heterocycles. The summed E-state index contributed by atoms with van der Waals surface area (Å²) in [4.78, 5) is 28.8. The van der Waals surface area contributed by atoms with Gasteiger partial charge in [0.15, 0.2) is 5.72 Å². The number of nitrogens with zero attached hydrogens (tertiary/aromatic N) is 2. The fourth-order valence-corrected chi connectivity index (χ4v) is 8.03. The van der Waals surface area contributed by atoms with Crippen LogP contribution in [0.4, 0.5) is 22.8 Å². The minimum Gasteiger partial charge on any atom is -0.368 e. The highest BCUT2D eigenvalue weighted by molar-refractivity contribution is 7.86. The van der Waals surface area contributed by atoms with E-state index in [1.807, 2.05) is 24.8 Å². The Kier molecular flexibility index (Phi) is 13.7.